The van der Waals surface area contributed by atoms with Crippen molar-refractivity contribution in [1.82, 2.24) is 0 Å². The van der Waals surface area contributed by atoms with Crippen molar-refractivity contribution < 1.29 is 19.6 Å². The van der Waals surface area contributed by atoms with Gasteiger partial charge in [0.15, 0.2) is 0 Å². The molecule has 2 aliphatic carbocycles. The van der Waals surface area contributed by atoms with E-state index in [0.29, 0.717) is 5.69 Å². The van der Waals surface area contributed by atoms with Crippen LogP contribution in [0.1, 0.15) is 19.3 Å². The topological polar surface area (TPSA) is 110 Å². The van der Waals surface area contributed by atoms with Crippen LogP contribution < -0.4 is 5.32 Å². The second-order valence-electron chi connectivity index (χ2n) is 6.02. The van der Waals surface area contributed by atoms with Crippen LogP contribution in [0, 0.1) is 33.8 Å². The molecule has 22 heavy (non-hydrogen) atoms. The van der Waals surface area contributed by atoms with E-state index in [1.54, 1.807) is 6.07 Å². The van der Waals surface area contributed by atoms with Gasteiger partial charge in [0.1, 0.15) is 0 Å². The van der Waals surface area contributed by atoms with Crippen molar-refractivity contribution in [2.45, 2.75) is 19.3 Å². The third-order valence-corrected chi connectivity index (χ3v) is 4.83. The second-order valence-corrected chi connectivity index (χ2v) is 6.02. The number of nitro groups is 1. The quantitative estimate of drug-likeness (QED) is 0.655. The highest BCUT2D eigenvalue weighted by Gasteiger charge is 2.53. The van der Waals surface area contributed by atoms with Gasteiger partial charge < -0.3 is 10.4 Å². The molecule has 0 heterocycles. The van der Waals surface area contributed by atoms with Gasteiger partial charge in [0.2, 0.25) is 5.91 Å². The number of hydrogen-bond acceptors (Lipinski definition) is 4. The molecule has 2 bridgehead atoms. The Balaban J connectivity index is 1.78. The average molecular weight is 304 g/mol. The first-order chi connectivity index (χ1) is 10.5. The summed E-state index contributed by atoms with van der Waals surface area (Å²) in [6.45, 7) is 0. The molecule has 2 aliphatic rings. The predicted molar refractivity (Wildman–Crippen MR) is 77.2 cm³/mol. The summed E-state index contributed by atoms with van der Waals surface area (Å²) in [5.41, 5.74) is 0.214. The van der Waals surface area contributed by atoms with E-state index in [4.69, 9.17) is 0 Å². The van der Waals surface area contributed by atoms with E-state index in [9.17, 15) is 24.8 Å². The number of nitrogens with one attached hydrogen (secondary N) is 1. The number of carbonyl (C=O) groups excluding carboxylic acids is 1. The van der Waals surface area contributed by atoms with Crippen molar-refractivity contribution in [3.63, 3.8) is 0 Å². The predicted octanol–water partition coefficient (Wildman–Crippen LogP) is 2.28. The van der Waals surface area contributed by atoms with Crippen molar-refractivity contribution in [3.8, 4) is 0 Å². The van der Waals surface area contributed by atoms with Gasteiger partial charge in [-0.15, -0.1) is 0 Å². The van der Waals surface area contributed by atoms with Crippen molar-refractivity contribution in [1.29, 1.82) is 0 Å². The SMILES string of the molecule is O=C(O)[C@H]1[C@H]2CC[C@@H](C2)[C@@H]1C(=O)Nc1cccc([N+](=O)[O-])c1. The zero-order valence-electron chi connectivity index (χ0n) is 11.8. The van der Waals surface area contributed by atoms with E-state index < -0.39 is 22.7 Å². The Bertz CT molecular complexity index is 645. The van der Waals surface area contributed by atoms with Crippen LogP contribution in [0.2, 0.25) is 0 Å². The van der Waals surface area contributed by atoms with Crippen LogP contribution in [0.3, 0.4) is 0 Å². The fourth-order valence-corrected chi connectivity index (χ4v) is 3.95. The van der Waals surface area contributed by atoms with E-state index in [1.807, 2.05) is 0 Å². The van der Waals surface area contributed by atoms with Crippen molar-refractivity contribution in [2.75, 3.05) is 5.32 Å². The van der Waals surface area contributed by atoms with E-state index in [0.717, 1.165) is 19.3 Å². The van der Waals surface area contributed by atoms with E-state index in [2.05, 4.69) is 5.32 Å². The van der Waals surface area contributed by atoms with Crippen LogP contribution in [-0.2, 0) is 9.59 Å². The number of carbonyl (C=O) groups is 2. The van der Waals surface area contributed by atoms with Crippen LogP contribution in [0.15, 0.2) is 24.3 Å². The third kappa shape index (κ3) is 2.43. The maximum Gasteiger partial charge on any atom is 0.307 e. The molecular formula is C15H16N2O5. The minimum Gasteiger partial charge on any atom is -0.481 e. The van der Waals surface area contributed by atoms with Gasteiger partial charge in [0.25, 0.3) is 5.69 Å². The molecule has 3 rings (SSSR count). The van der Waals surface area contributed by atoms with E-state index in [-0.39, 0.29) is 23.4 Å². The number of rotatable bonds is 4. The molecule has 0 saturated heterocycles. The first-order valence-electron chi connectivity index (χ1n) is 7.25. The number of carboxylic acids is 1. The third-order valence-electron chi connectivity index (χ3n) is 4.83. The summed E-state index contributed by atoms with van der Waals surface area (Å²) < 4.78 is 0. The van der Waals surface area contributed by atoms with Crippen molar-refractivity contribution in [2.24, 2.45) is 23.7 Å². The maximum absolute atomic E-state index is 12.5. The van der Waals surface area contributed by atoms with Gasteiger partial charge in [-0.25, -0.2) is 0 Å². The van der Waals surface area contributed by atoms with E-state index in [1.165, 1.54) is 18.2 Å². The highest BCUT2D eigenvalue weighted by atomic mass is 16.6. The molecule has 0 spiro atoms. The largest absolute Gasteiger partial charge is 0.481 e. The molecule has 0 unspecified atom stereocenters. The standard InChI is InChI=1S/C15H16N2O5/c18-14(16-10-2-1-3-11(7-10)17(21)22)12-8-4-5-9(6-8)13(12)15(19)20/h1-3,7-9,12-13H,4-6H2,(H,16,18)(H,19,20)/t8-,9-,12-,13-/m0/s1. The fourth-order valence-electron chi connectivity index (χ4n) is 3.95. The lowest BCUT2D eigenvalue weighted by atomic mass is 9.78. The number of benzene rings is 1. The van der Waals surface area contributed by atoms with Gasteiger partial charge in [0.05, 0.1) is 16.8 Å². The summed E-state index contributed by atoms with van der Waals surface area (Å²) in [5.74, 6) is -2.28. The number of nitro benzene ring substituents is 1. The van der Waals surface area contributed by atoms with Crippen molar-refractivity contribution in [3.05, 3.63) is 34.4 Å². The monoisotopic (exact) mass is 304 g/mol. The van der Waals surface area contributed by atoms with Crippen LogP contribution in [0.4, 0.5) is 11.4 Å². The molecule has 0 aromatic heterocycles. The number of anilines is 1. The lowest BCUT2D eigenvalue weighted by molar-refractivity contribution is -0.384. The lowest BCUT2D eigenvalue weighted by Gasteiger charge is -2.27. The molecule has 0 radical (unpaired) electrons. The number of amides is 1. The molecule has 7 nitrogen and oxygen atoms in total. The van der Waals surface area contributed by atoms with Gasteiger partial charge in [0, 0.05) is 17.8 Å². The van der Waals surface area contributed by atoms with Crippen molar-refractivity contribution >= 4 is 23.3 Å². The molecule has 7 heteroatoms. The number of nitrogens with zero attached hydrogens (tertiary/aromatic N) is 1. The molecule has 2 N–H and O–H groups in total. The molecular weight excluding hydrogens is 288 g/mol. The van der Waals surface area contributed by atoms with Gasteiger partial charge in [-0.2, -0.15) is 0 Å². The zero-order chi connectivity index (χ0) is 15.9. The highest BCUT2D eigenvalue weighted by molar-refractivity contribution is 5.96. The zero-order valence-corrected chi connectivity index (χ0v) is 11.8. The smallest absolute Gasteiger partial charge is 0.307 e. The summed E-state index contributed by atoms with van der Waals surface area (Å²) >= 11 is 0. The molecule has 0 aliphatic heterocycles. The average Bonchev–Trinajstić information content (AvgIpc) is 3.07. The first-order valence-corrected chi connectivity index (χ1v) is 7.25. The number of carboxylic acid groups (broad SMARTS) is 1. The molecule has 1 aromatic rings. The van der Waals surface area contributed by atoms with Crippen LogP contribution in [-0.4, -0.2) is 21.9 Å². The molecule has 116 valence electrons. The Morgan fingerprint density at radius 1 is 1.23 bits per heavy atom. The second kappa shape index (κ2) is 5.40. The minimum absolute atomic E-state index is 0.0726. The lowest BCUT2D eigenvalue weighted by Crippen LogP contribution is -2.37. The Hall–Kier alpha value is -2.44. The van der Waals surface area contributed by atoms with E-state index >= 15 is 0 Å². The van der Waals surface area contributed by atoms with Crippen LogP contribution >= 0.6 is 0 Å². The van der Waals surface area contributed by atoms with Crippen LogP contribution in [0.5, 0.6) is 0 Å². The number of aliphatic carboxylic acids is 1. The summed E-state index contributed by atoms with van der Waals surface area (Å²) in [5, 5.41) is 22.8. The summed E-state index contributed by atoms with van der Waals surface area (Å²) in [6.07, 6.45) is 2.52. The van der Waals surface area contributed by atoms with Gasteiger partial charge in [-0.1, -0.05) is 6.07 Å². The van der Waals surface area contributed by atoms with Gasteiger partial charge in [-0.05, 0) is 37.2 Å². The Morgan fingerprint density at radius 3 is 2.55 bits per heavy atom. The Kier molecular flexibility index (Phi) is 3.56. The molecule has 4 atom stereocenters. The molecule has 1 amide bonds. The molecule has 2 fully saturated rings. The summed E-state index contributed by atoms with van der Waals surface area (Å²) in [7, 11) is 0. The minimum atomic E-state index is -0.925. The van der Waals surface area contributed by atoms with Gasteiger partial charge >= 0.3 is 5.97 Å². The normalized spacial score (nSPS) is 29.3. The Labute approximate surface area is 126 Å². The number of non-ortho nitro benzene ring substituents is 1. The molecule has 2 saturated carbocycles. The summed E-state index contributed by atoms with van der Waals surface area (Å²) in [6, 6.07) is 5.67. The molecule has 1 aromatic carbocycles. The number of fused-ring (bicyclic) bond motifs is 2. The highest BCUT2D eigenvalue weighted by Crippen LogP contribution is 2.52. The van der Waals surface area contributed by atoms with Gasteiger partial charge in [-0.3, -0.25) is 19.7 Å². The maximum atomic E-state index is 12.5. The Morgan fingerprint density at radius 2 is 1.91 bits per heavy atom. The number of hydrogen-bond donors (Lipinski definition) is 2. The summed E-state index contributed by atoms with van der Waals surface area (Å²) in [4.78, 5) is 34.1. The fraction of sp³-hybridized carbons (Fsp3) is 0.467. The first kappa shape index (κ1) is 14.5. The van der Waals surface area contributed by atoms with Crippen LogP contribution in [0.25, 0.3) is 0 Å².